The van der Waals surface area contributed by atoms with Crippen LogP contribution in [0.25, 0.3) is 16.9 Å². The van der Waals surface area contributed by atoms with Gasteiger partial charge in [-0.25, -0.2) is 9.97 Å². The highest BCUT2D eigenvalue weighted by Gasteiger charge is 2.43. The fraction of sp³-hybridized carbons (Fsp3) is 0.160. The smallest absolute Gasteiger partial charge is 0.262 e. The van der Waals surface area contributed by atoms with E-state index in [9.17, 15) is 14.4 Å². The number of imide groups is 1. The normalized spacial score (nSPS) is 14.1. The first-order valence-corrected chi connectivity index (χ1v) is 10.6. The Morgan fingerprint density at radius 1 is 0.879 bits per heavy atom. The van der Waals surface area contributed by atoms with Gasteiger partial charge in [-0.3, -0.25) is 23.9 Å². The number of nitrogens with zero attached hydrogens (tertiary/aromatic N) is 4. The summed E-state index contributed by atoms with van der Waals surface area (Å²) in [4.78, 5) is 48.8. The Morgan fingerprint density at radius 3 is 2.18 bits per heavy atom. The summed E-state index contributed by atoms with van der Waals surface area (Å²) in [6, 6.07) is 16.9. The summed E-state index contributed by atoms with van der Waals surface area (Å²) in [7, 11) is 0. The van der Waals surface area contributed by atoms with Gasteiger partial charge in [0.2, 0.25) is 5.91 Å². The molecule has 2 aromatic heterocycles. The number of rotatable bonds is 5. The third kappa shape index (κ3) is 3.45. The minimum absolute atomic E-state index is 0.281. The maximum atomic E-state index is 13.2. The van der Waals surface area contributed by atoms with E-state index in [0.717, 1.165) is 15.9 Å². The number of anilines is 1. The number of nitrogens with one attached hydrogen (secondary N) is 1. The predicted molar refractivity (Wildman–Crippen MR) is 123 cm³/mol. The second kappa shape index (κ2) is 7.98. The van der Waals surface area contributed by atoms with Gasteiger partial charge in [0.15, 0.2) is 0 Å². The first-order valence-electron chi connectivity index (χ1n) is 10.6. The van der Waals surface area contributed by atoms with Crippen LogP contribution in [0.1, 0.15) is 34.6 Å². The first-order chi connectivity index (χ1) is 16.0. The van der Waals surface area contributed by atoms with Crippen molar-refractivity contribution in [2.75, 3.05) is 5.32 Å². The Bertz CT molecular complexity index is 1360. The van der Waals surface area contributed by atoms with Gasteiger partial charge < -0.3 is 5.32 Å². The van der Waals surface area contributed by atoms with Crippen molar-refractivity contribution in [3.63, 3.8) is 0 Å². The van der Waals surface area contributed by atoms with Gasteiger partial charge in [0.05, 0.1) is 34.0 Å². The summed E-state index contributed by atoms with van der Waals surface area (Å²) in [5.74, 6) is -0.976. The van der Waals surface area contributed by atoms with Crippen molar-refractivity contribution < 1.29 is 14.4 Å². The molecule has 4 aromatic rings. The standard InChI is InChI=1S/C25H21N5O3/c1-15(2)22(30-24(32)17-7-3-4-8-18(17)25(30)33)23(31)28-16-11-12-21(26-13-16)29-14-27-19-9-5-6-10-20(19)29/h3-15,22H,1-2H3,(H,28,31). The quantitative estimate of drug-likeness (QED) is 0.479. The molecule has 0 saturated carbocycles. The molecule has 8 nitrogen and oxygen atoms in total. The molecule has 164 valence electrons. The number of imidazole rings is 1. The zero-order chi connectivity index (χ0) is 23.1. The van der Waals surface area contributed by atoms with Crippen LogP contribution in [0, 0.1) is 5.92 Å². The van der Waals surface area contributed by atoms with Crippen LogP contribution in [0.15, 0.2) is 73.2 Å². The molecule has 0 radical (unpaired) electrons. The molecular weight excluding hydrogens is 418 g/mol. The molecule has 0 spiro atoms. The molecule has 1 unspecified atom stereocenters. The Kier molecular flexibility index (Phi) is 4.97. The van der Waals surface area contributed by atoms with E-state index in [4.69, 9.17) is 0 Å². The molecule has 0 bridgehead atoms. The largest absolute Gasteiger partial charge is 0.323 e. The number of para-hydroxylation sites is 2. The number of fused-ring (bicyclic) bond motifs is 2. The van der Waals surface area contributed by atoms with E-state index < -0.39 is 23.8 Å². The van der Waals surface area contributed by atoms with Gasteiger partial charge in [0.25, 0.3) is 11.8 Å². The Hall–Kier alpha value is -4.33. The fourth-order valence-corrected chi connectivity index (χ4v) is 4.14. The Labute approximate surface area is 189 Å². The van der Waals surface area contributed by atoms with E-state index in [-0.39, 0.29) is 5.92 Å². The summed E-state index contributed by atoms with van der Waals surface area (Å²) in [6.07, 6.45) is 3.24. The van der Waals surface area contributed by atoms with Crippen molar-refractivity contribution in [1.29, 1.82) is 0 Å². The molecule has 0 saturated heterocycles. The minimum atomic E-state index is -0.949. The second-order valence-corrected chi connectivity index (χ2v) is 8.21. The summed E-state index contributed by atoms with van der Waals surface area (Å²) >= 11 is 0. The van der Waals surface area contributed by atoms with E-state index in [0.29, 0.717) is 22.6 Å². The van der Waals surface area contributed by atoms with Crippen LogP contribution in [-0.4, -0.2) is 43.2 Å². The van der Waals surface area contributed by atoms with Crippen molar-refractivity contribution in [2.24, 2.45) is 5.92 Å². The van der Waals surface area contributed by atoms with Crippen molar-refractivity contribution >= 4 is 34.4 Å². The number of aromatic nitrogens is 3. The molecule has 3 heterocycles. The van der Waals surface area contributed by atoms with E-state index in [1.165, 1.54) is 0 Å². The van der Waals surface area contributed by atoms with Gasteiger partial charge in [-0.1, -0.05) is 38.1 Å². The molecule has 0 aliphatic carbocycles. The minimum Gasteiger partial charge on any atom is -0.323 e. The number of carbonyl (C=O) groups excluding carboxylic acids is 3. The third-order valence-electron chi connectivity index (χ3n) is 5.72. The lowest BCUT2D eigenvalue weighted by Gasteiger charge is -2.28. The van der Waals surface area contributed by atoms with E-state index >= 15 is 0 Å². The van der Waals surface area contributed by atoms with Gasteiger partial charge in [-0.15, -0.1) is 0 Å². The highest BCUT2D eigenvalue weighted by Crippen LogP contribution is 2.28. The van der Waals surface area contributed by atoms with Gasteiger partial charge in [0, 0.05) is 0 Å². The average molecular weight is 439 g/mol. The van der Waals surface area contributed by atoms with Crippen LogP contribution >= 0.6 is 0 Å². The van der Waals surface area contributed by atoms with Gasteiger partial charge in [-0.05, 0) is 42.3 Å². The highest BCUT2D eigenvalue weighted by molar-refractivity contribution is 6.23. The van der Waals surface area contributed by atoms with Gasteiger partial charge in [-0.2, -0.15) is 0 Å². The molecule has 3 amide bonds. The molecule has 0 fully saturated rings. The second-order valence-electron chi connectivity index (χ2n) is 8.21. The van der Waals surface area contributed by atoms with Crippen LogP contribution in [-0.2, 0) is 4.79 Å². The third-order valence-corrected chi connectivity index (χ3v) is 5.72. The molecule has 5 rings (SSSR count). The molecule has 1 aliphatic rings. The first kappa shape index (κ1) is 20.6. The monoisotopic (exact) mass is 439 g/mol. The van der Waals surface area contributed by atoms with Crippen molar-refractivity contribution in [3.8, 4) is 5.82 Å². The molecule has 1 N–H and O–H groups in total. The number of carbonyl (C=O) groups is 3. The maximum absolute atomic E-state index is 13.2. The Balaban J connectivity index is 1.38. The number of hydrogen-bond donors (Lipinski definition) is 1. The molecule has 8 heteroatoms. The number of pyridine rings is 1. The zero-order valence-electron chi connectivity index (χ0n) is 18.1. The molecule has 1 atom stereocenters. The summed E-state index contributed by atoms with van der Waals surface area (Å²) < 4.78 is 1.86. The average Bonchev–Trinajstić information content (AvgIpc) is 3.35. The van der Waals surface area contributed by atoms with Gasteiger partial charge >= 0.3 is 0 Å². The van der Waals surface area contributed by atoms with Gasteiger partial charge in [0.1, 0.15) is 18.2 Å². The lowest BCUT2D eigenvalue weighted by molar-refractivity contribution is -0.121. The van der Waals surface area contributed by atoms with Crippen molar-refractivity contribution in [1.82, 2.24) is 19.4 Å². The maximum Gasteiger partial charge on any atom is 0.262 e. The SMILES string of the molecule is CC(C)C(C(=O)Nc1ccc(-n2cnc3ccccc32)nc1)N1C(=O)c2ccccc2C1=O. The number of benzene rings is 2. The highest BCUT2D eigenvalue weighted by atomic mass is 16.2. The zero-order valence-corrected chi connectivity index (χ0v) is 18.1. The van der Waals surface area contributed by atoms with Crippen molar-refractivity contribution in [2.45, 2.75) is 19.9 Å². The summed E-state index contributed by atoms with van der Waals surface area (Å²) in [5.41, 5.74) is 2.89. The van der Waals surface area contributed by atoms with Crippen LogP contribution in [0.2, 0.25) is 0 Å². The lowest BCUT2D eigenvalue weighted by Crippen LogP contribution is -2.50. The van der Waals surface area contributed by atoms with Crippen molar-refractivity contribution in [3.05, 3.63) is 84.3 Å². The fourth-order valence-electron chi connectivity index (χ4n) is 4.14. The van der Waals surface area contributed by atoms with E-state index in [1.807, 2.05) is 28.8 Å². The van der Waals surface area contributed by atoms with Crippen LogP contribution in [0.4, 0.5) is 5.69 Å². The van der Waals surface area contributed by atoms with Crippen LogP contribution in [0.5, 0.6) is 0 Å². The Morgan fingerprint density at radius 2 is 1.55 bits per heavy atom. The van der Waals surface area contributed by atoms with Crippen LogP contribution < -0.4 is 5.32 Å². The summed E-state index contributed by atoms with van der Waals surface area (Å²) in [5, 5.41) is 2.81. The molecular formula is C25H21N5O3. The molecule has 33 heavy (non-hydrogen) atoms. The van der Waals surface area contributed by atoms with Crippen LogP contribution in [0.3, 0.4) is 0 Å². The number of hydrogen-bond acceptors (Lipinski definition) is 5. The predicted octanol–water partition coefficient (Wildman–Crippen LogP) is 3.68. The molecule has 1 aliphatic heterocycles. The lowest BCUT2D eigenvalue weighted by atomic mass is 10.0. The topological polar surface area (TPSA) is 97.2 Å². The number of amides is 3. The van der Waals surface area contributed by atoms with E-state index in [2.05, 4.69) is 15.3 Å². The summed E-state index contributed by atoms with van der Waals surface area (Å²) in [6.45, 7) is 3.61. The van der Waals surface area contributed by atoms with E-state index in [1.54, 1.807) is 62.8 Å². The molecule has 2 aromatic carbocycles.